The number of rotatable bonds is 3. The van der Waals surface area contributed by atoms with E-state index in [2.05, 4.69) is 9.97 Å². The maximum atomic E-state index is 11.1. The molecule has 3 rings (SSSR count). The fourth-order valence-electron chi connectivity index (χ4n) is 1.79. The Labute approximate surface area is 96.9 Å². The second kappa shape index (κ2) is 3.44. The van der Waals surface area contributed by atoms with Gasteiger partial charge in [0.25, 0.3) is 0 Å². The van der Waals surface area contributed by atoms with Gasteiger partial charge in [0.15, 0.2) is 0 Å². The fraction of sp³-hybridized carbons (Fsp3) is 0.364. The van der Waals surface area contributed by atoms with Crippen LogP contribution in [0, 0.1) is 0 Å². The van der Waals surface area contributed by atoms with Gasteiger partial charge in [-0.2, -0.15) is 0 Å². The molecule has 0 bridgehead atoms. The number of aromatic nitrogens is 3. The topological polar surface area (TPSA) is 81.2 Å². The average molecular weight is 233 g/mol. The Balaban J connectivity index is 2.10. The molecule has 1 aliphatic carbocycles. The first-order valence-electron chi connectivity index (χ1n) is 5.37. The van der Waals surface area contributed by atoms with Crippen LogP contribution in [0.2, 0.25) is 0 Å². The first-order valence-corrected chi connectivity index (χ1v) is 5.37. The molecule has 0 amide bonds. The fourth-order valence-corrected chi connectivity index (χ4v) is 1.79. The lowest BCUT2D eigenvalue weighted by molar-refractivity contribution is 0.0661. The zero-order chi connectivity index (χ0) is 12.0. The first-order chi connectivity index (χ1) is 8.16. The molecule has 0 unspecified atom stereocenters. The van der Waals surface area contributed by atoms with Crippen molar-refractivity contribution in [1.29, 1.82) is 0 Å². The number of hydrogen-bond acceptors (Lipinski definition) is 4. The van der Waals surface area contributed by atoms with E-state index in [4.69, 9.17) is 9.52 Å². The summed E-state index contributed by atoms with van der Waals surface area (Å²) in [5, 5.41) is 9.07. The summed E-state index contributed by atoms with van der Waals surface area (Å²) >= 11 is 0. The van der Waals surface area contributed by atoms with Crippen LogP contribution in [0.25, 0.3) is 11.6 Å². The van der Waals surface area contributed by atoms with Gasteiger partial charge in [-0.1, -0.05) is 0 Å². The molecule has 0 radical (unpaired) electrons. The van der Waals surface area contributed by atoms with Gasteiger partial charge in [0.2, 0.25) is 11.7 Å². The van der Waals surface area contributed by atoms with Gasteiger partial charge in [-0.25, -0.2) is 14.8 Å². The van der Waals surface area contributed by atoms with Crippen molar-refractivity contribution in [1.82, 2.24) is 14.5 Å². The van der Waals surface area contributed by atoms with Crippen molar-refractivity contribution in [2.45, 2.75) is 18.8 Å². The molecule has 0 spiro atoms. The molecule has 0 atom stereocenters. The Morgan fingerprint density at radius 2 is 2.35 bits per heavy atom. The predicted molar refractivity (Wildman–Crippen MR) is 57.6 cm³/mol. The molecular formula is C11H11N3O3. The van der Waals surface area contributed by atoms with Crippen molar-refractivity contribution in [3.63, 3.8) is 0 Å². The third kappa shape index (κ3) is 1.61. The van der Waals surface area contributed by atoms with Gasteiger partial charge >= 0.3 is 5.97 Å². The molecule has 17 heavy (non-hydrogen) atoms. The van der Waals surface area contributed by atoms with Crippen molar-refractivity contribution in [3.05, 3.63) is 24.0 Å². The smallest absolute Gasteiger partial charge is 0.373 e. The zero-order valence-electron chi connectivity index (χ0n) is 9.25. The largest absolute Gasteiger partial charge is 0.475 e. The van der Waals surface area contributed by atoms with E-state index >= 15 is 0 Å². The third-order valence-electron chi connectivity index (χ3n) is 2.85. The number of imidazole rings is 1. The second-order valence-corrected chi connectivity index (χ2v) is 4.20. The van der Waals surface area contributed by atoms with Crippen LogP contribution in [-0.4, -0.2) is 25.6 Å². The minimum Gasteiger partial charge on any atom is -0.475 e. The van der Waals surface area contributed by atoms with Crippen molar-refractivity contribution in [3.8, 4) is 11.6 Å². The molecule has 6 nitrogen and oxygen atoms in total. The summed E-state index contributed by atoms with van der Waals surface area (Å²) in [6.07, 6.45) is 5.19. The normalized spacial score (nSPS) is 15.1. The van der Waals surface area contributed by atoms with Gasteiger partial charge in [0.1, 0.15) is 5.69 Å². The molecule has 2 heterocycles. The number of aromatic carboxylic acids is 1. The number of carboxylic acid groups (broad SMARTS) is 1. The lowest BCUT2D eigenvalue weighted by Crippen LogP contribution is -1.98. The molecule has 0 saturated heterocycles. The summed E-state index contributed by atoms with van der Waals surface area (Å²) in [4.78, 5) is 19.3. The third-order valence-corrected chi connectivity index (χ3v) is 2.85. The summed E-state index contributed by atoms with van der Waals surface area (Å²) in [7, 11) is 1.81. The van der Waals surface area contributed by atoms with Crippen molar-refractivity contribution >= 4 is 5.97 Å². The molecule has 1 saturated carbocycles. The number of aryl methyl sites for hydroxylation is 1. The van der Waals surface area contributed by atoms with Gasteiger partial charge < -0.3 is 14.1 Å². The molecule has 1 N–H and O–H groups in total. The van der Waals surface area contributed by atoms with E-state index in [9.17, 15) is 4.79 Å². The minimum absolute atomic E-state index is 0.0382. The highest BCUT2D eigenvalue weighted by Gasteiger charge is 2.34. The highest BCUT2D eigenvalue weighted by Crippen LogP contribution is 2.42. The van der Waals surface area contributed by atoms with Gasteiger partial charge in [-0.3, -0.25) is 0 Å². The monoisotopic (exact) mass is 233 g/mol. The lowest BCUT2D eigenvalue weighted by Gasteiger charge is -1.94. The van der Waals surface area contributed by atoms with Crippen LogP contribution in [0.15, 0.2) is 16.9 Å². The zero-order valence-corrected chi connectivity index (χ0v) is 9.25. The van der Waals surface area contributed by atoms with Crippen LogP contribution in [0.1, 0.15) is 35.0 Å². The predicted octanol–water partition coefficient (Wildman–Crippen LogP) is 1.65. The Bertz CT molecular complexity index is 581. The molecule has 2 aromatic rings. The Morgan fingerprint density at radius 1 is 1.59 bits per heavy atom. The van der Waals surface area contributed by atoms with Gasteiger partial charge in [-0.05, 0) is 12.8 Å². The van der Waals surface area contributed by atoms with Crippen molar-refractivity contribution in [2.75, 3.05) is 0 Å². The van der Waals surface area contributed by atoms with Crippen molar-refractivity contribution < 1.29 is 14.3 Å². The number of oxazole rings is 1. The highest BCUT2D eigenvalue weighted by molar-refractivity contribution is 5.86. The van der Waals surface area contributed by atoms with Crippen LogP contribution in [0.3, 0.4) is 0 Å². The second-order valence-electron chi connectivity index (χ2n) is 4.20. The van der Waals surface area contributed by atoms with E-state index < -0.39 is 5.97 Å². The minimum atomic E-state index is -1.06. The SMILES string of the molecule is Cn1cncc1-c1nc(C2CC2)c(C(=O)O)o1. The maximum Gasteiger partial charge on any atom is 0.373 e. The highest BCUT2D eigenvalue weighted by atomic mass is 16.4. The molecule has 88 valence electrons. The van der Waals surface area contributed by atoms with Gasteiger partial charge in [0, 0.05) is 13.0 Å². The van der Waals surface area contributed by atoms with Crippen LogP contribution >= 0.6 is 0 Å². The number of nitrogens with zero attached hydrogens (tertiary/aromatic N) is 3. The molecule has 6 heteroatoms. The van der Waals surface area contributed by atoms with E-state index in [0.717, 1.165) is 12.8 Å². The van der Waals surface area contributed by atoms with Crippen LogP contribution < -0.4 is 0 Å². The van der Waals surface area contributed by atoms with E-state index in [0.29, 0.717) is 17.3 Å². The standard InChI is InChI=1S/C11H11N3O3/c1-14-5-12-4-7(14)10-13-8(6-2-3-6)9(17-10)11(15)16/h4-6H,2-3H2,1H3,(H,15,16). The quantitative estimate of drug-likeness (QED) is 0.871. The van der Waals surface area contributed by atoms with Gasteiger partial charge in [0.05, 0.1) is 18.2 Å². The first kappa shape index (κ1) is 10.1. The number of carbonyl (C=O) groups is 1. The molecule has 1 fully saturated rings. The summed E-state index contributed by atoms with van der Waals surface area (Å²) in [5.41, 5.74) is 1.24. The van der Waals surface area contributed by atoms with E-state index in [1.54, 1.807) is 17.1 Å². The summed E-state index contributed by atoms with van der Waals surface area (Å²) in [6.45, 7) is 0. The molecule has 2 aromatic heterocycles. The van der Waals surface area contributed by atoms with Gasteiger partial charge in [-0.15, -0.1) is 0 Å². The van der Waals surface area contributed by atoms with Crippen molar-refractivity contribution in [2.24, 2.45) is 7.05 Å². The molecular weight excluding hydrogens is 222 g/mol. The Hall–Kier alpha value is -2.11. The van der Waals surface area contributed by atoms with Crippen LogP contribution in [0.5, 0.6) is 0 Å². The van der Waals surface area contributed by atoms with E-state index in [1.807, 2.05) is 7.05 Å². The van der Waals surface area contributed by atoms with E-state index in [1.165, 1.54) is 0 Å². The van der Waals surface area contributed by atoms with Crippen LogP contribution in [-0.2, 0) is 7.05 Å². The van der Waals surface area contributed by atoms with E-state index in [-0.39, 0.29) is 11.7 Å². The lowest BCUT2D eigenvalue weighted by atomic mass is 10.2. The average Bonchev–Trinajstić information content (AvgIpc) is 2.88. The number of hydrogen-bond donors (Lipinski definition) is 1. The summed E-state index contributed by atoms with van der Waals surface area (Å²) < 4.78 is 7.08. The molecule has 0 aromatic carbocycles. The number of carboxylic acids is 1. The molecule has 1 aliphatic rings. The molecule has 0 aliphatic heterocycles. The summed E-state index contributed by atoms with van der Waals surface area (Å²) in [6, 6.07) is 0. The van der Waals surface area contributed by atoms with Crippen LogP contribution in [0.4, 0.5) is 0 Å². The summed E-state index contributed by atoms with van der Waals surface area (Å²) in [5.74, 6) is -0.535. The Kier molecular flexibility index (Phi) is 2.04. The maximum absolute atomic E-state index is 11.1. The Morgan fingerprint density at radius 3 is 2.88 bits per heavy atom.